The predicted octanol–water partition coefficient (Wildman–Crippen LogP) is 5.34. The minimum Gasteiger partial charge on any atom is -0.507 e. The Kier molecular flexibility index (Phi) is 5.99. The quantitative estimate of drug-likeness (QED) is 0.402. The molecule has 36 heavy (non-hydrogen) atoms. The number of alkyl halides is 3. The lowest BCUT2D eigenvalue weighted by atomic mass is 10.1. The fraction of sp³-hybridized carbons (Fsp3) is 0.222. The highest BCUT2D eigenvalue weighted by Gasteiger charge is 2.32. The first-order valence-corrected chi connectivity index (χ1v) is 11.5. The Bertz CT molecular complexity index is 1450. The van der Waals surface area contributed by atoms with Gasteiger partial charge in [0.05, 0.1) is 16.6 Å². The van der Waals surface area contributed by atoms with E-state index in [0.29, 0.717) is 36.7 Å². The zero-order valence-corrected chi connectivity index (χ0v) is 19.4. The highest BCUT2D eigenvalue weighted by atomic mass is 19.4. The van der Waals surface area contributed by atoms with E-state index in [2.05, 4.69) is 10.3 Å². The molecule has 0 aliphatic carbocycles. The number of aromatic nitrogens is 2. The van der Waals surface area contributed by atoms with Gasteiger partial charge in [0, 0.05) is 30.1 Å². The van der Waals surface area contributed by atoms with Crippen LogP contribution in [0.5, 0.6) is 5.75 Å². The molecule has 1 fully saturated rings. The Morgan fingerprint density at radius 2 is 1.86 bits per heavy atom. The Balaban J connectivity index is 1.42. The van der Waals surface area contributed by atoms with E-state index in [0.717, 1.165) is 28.6 Å². The second-order valence-corrected chi connectivity index (χ2v) is 8.89. The van der Waals surface area contributed by atoms with E-state index >= 15 is 0 Å². The van der Waals surface area contributed by atoms with Crippen molar-refractivity contribution in [2.45, 2.75) is 25.6 Å². The zero-order valence-electron chi connectivity index (χ0n) is 19.4. The first-order chi connectivity index (χ1) is 17.2. The van der Waals surface area contributed by atoms with E-state index < -0.39 is 17.6 Å². The smallest absolute Gasteiger partial charge is 0.416 e. The molecule has 1 aliphatic rings. The summed E-state index contributed by atoms with van der Waals surface area (Å²) >= 11 is 0. The maximum atomic E-state index is 13.0. The summed E-state index contributed by atoms with van der Waals surface area (Å²) in [7, 11) is 0. The number of rotatable bonds is 4. The fourth-order valence-electron chi connectivity index (χ4n) is 4.42. The summed E-state index contributed by atoms with van der Waals surface area (Å²) in [4.78, 5) is 24.2. The van der Waals surface area contributed by atoms with Gasteiger partial charge in [0.25, 0.3) is 5.91 Å². The van der Waals surface area contributed by atoms with Crippen molar-refractivity contribution < 1.29 is 23.1 Å². The number of carbonyl (C=O) groups is 1. The normalized spacial score (nSPS) is 15.9. The van der Waals surface area contributed by atoms with Crippen LogP contribution in [0.25, 0.3) is 22.3 Å². The van der Waals surface area contributed by atoms with Crippen molar-refractivity contribution in [1.82, 2.24) is 15.3 Å². The van der Waals surface area contributed by atoms with Crippen molar-refractivity contribution >= 4 is 22.6 Å². The predicted molar refractivity (Wildman–Crippen MR) is 131 cm³/mol. The molecule has 0 spiro atoms. The fourth-order valence-corrected chi connectivity index (χ4v) is 4.42. The lowest BCUT2D eigenvalue weighted by Gasteiger charge is -2.21. The number of anilines is 1. The Morgan fingerprint density at radius 1 is 1.06 bits per heavy atom. The van der Waals surface area contributed by atoms with Gasteiger partial charge in [-0.15, -0.1) is 0 Å². The summed E-state index contributed by atoms with van der Waals surface area (Å²) in [5, 5.41) is 14.0. The van der Waals surface area contributed by atoms with E-state index in [4.69, 9.17) is 4.98 Å². The summed E-state index contributed by atoms with van der Waals surface area (Å²) in [5.74, 6) is 0.584. The Hall–Kier alpha value is -4.14. The van der Waals surface area contributed by atoms with E-state index in [1.807, 2.05) is 30.0 Å². The number of nitrogens with zero attached hydrogens (tertiary/aromatic N) is 3. The van der Waals surface area contributed by atoms with Crippen molar-refractivity contribution in [3.8, 4) is 17.1 Å². The first kappa shape index (κ1) is 23.6. The number of benzene rings is 3. The number of hydrogen-bond acceptors (Lipinski definition) is 5. The lowest BCUT2D eigenvalue weighted by molar-refractivity contribution is -0.137. The average Bonchev–Trinajstić information content (AvgIpc) is 3.31. The zero-order chi connectivity index (χ0) is 25.4. The SMILES string of the molecule is Cc1ccc2c(N3CCC(NC(=O)c4cccc(C(F)(F)F)c4)C3)nc(-c3ccccc3O)nc2c1. The number of nitrogens with one attached hydrogen (secondary N) is 1. The minimum atomic E-state index is -4.52. The van der Waals surface area contributed by atoms with Gasteiger partial charge in [-0.1, -0.05) is 24.3 Å². The number of hydrogen-bond donors (Lipinski definition) is 2. The topological polar surface area (TPSA) is 78.4 Å². The molecular formula is C27H23F3N4O2. The minimum absolute atomic E-state index is 0.0342. The number of phenols is 1. The molecule has 0 saturated carbocycles. The van der Waals surface area contributed by atoms with Crippen LogP contribution in [0.15, 0.2) is 66.7 Å². The van der Waals surface area contributed by atoms with Gasteiger partial charge in [-0.3, -0.25) is 4.79 Å². The maximum absolute atomic E-state index is 13.0. The number of fused-ring (bicyclic) bond motifs is 1. The molecule has 2 N–H and O–H groups in total. The number of amides is 1. The molecule has 1 aromatic heterocycles. The van der Waals surface area contributed by atoms with Crippen LogP contribution in [0.4, 0.5) is 19.0 Å². The molecule has 9 heteroatoms. The third kappa shape index (κ3) is 4.68. The van der Waals surface area contributed by atoms with Gasteiger partial charge >= 0.3 is 6.18 Å². The molecule has 1 atom stereocenters. The molecule has 0 radical (unpaired) electrons. The number of halogens is 3. The molecule has 2 heterocycles. The van der Waals surface area contributed by atoms with Crippen molar-refractivity contribution in [2.75, 3.05) is 18.0 Å². The van der Waals surface area contributed by atoms with Crippen LogP contribution in [-0.2, 0) is 6.18 Å². The van der Waals surface area contributed by atoms with Crippen molar-refractivity contribution in [2.24, 2.45) is 0 Å². The molecule has 184 valence electrons. The van der Waals surface area contributed by atoms with Crippen molar-refractivity contribution in [3.63, 3.8) is 0 Å². The molecule has 4 aromatic rings. The van der Waals surface area contributed by atoms with Gasteiger partial charge in [0.15, 0.2) is 5.82 Å². The second kappa shape index (κ2) is 9.14. The summed E-state index contributed by atoms with van der Waals surface area (Å²) in [6.45, 7) is 2.99. The number of phenolic OH excluding ortho intramolecular Hbond substituents is 1. The van der Waals surface area contributed by atoms with E-state index in [-0.39, 0.29) is 17.4 Å². The largest absolute Gasteiger partial charge is 0.507 e. The number of para-hydroxylation sites is 1. The van der Waals surface area contributed by atoms with Gasteiger partial charge in [0.2, 0.25) is 0 Å². The van der Waals surface area contributed by atoms with Crippen LogP contribution in [0.3, 0.4) is 0 Å². The average molecular weight is 493 g/mol. The van der Waals surface area contributed by atoms with Crippen LogP contribution in [0.1, 0.15) is 27.9 Å². The van der Waals surface area contributed by atoms with Gasteiger partial charge in [-0.25, -0.2) is 9.97 Å². The number of aromatic hydroxyl groups is 1. The van der Waals surface area contributed by atoms with Crippen molar-refractivity contribution in [3.05, 3.63) is 83.4 Å². The third-order valence-corrected chi connectivity index (χ3v) is 6.25. The van der Waals surface area contributed by atoms with E-state index in [9.17, 15) is 23.1 Å². The van der Waals surface area contributed by atoms with Crippen LogP contribution in [-0.4, -0.2) is 40.1 Å². The summed E-state index contributed by atoms with van der Waals surface area (Å²) in [6.07, 6.45) is -3.91. The number of carbonyl (C=O) groups excluding carboxylic acids is 1. The maximum Gasteiger partial charge on any atom is 0.416 e. The molecule has 1 saturated heterocycles. The Labute approximate surface area is 205 Å². The van der Waals surface area contributed by atoms with Gasteiger partial charge in [-0.05, 0) is 61.4 Å². The molecule has 3 aromatic carbocycles. The van der Waals surface area contributed by atoms with Gasteiger partial charge < -0.3 is 15.3 Å². The monoisotopic (exact) mass is 492 g/mol. The number of aryl methyl sites for hydroxylation is 1. The third-order valence-electron chi connectivity index (χ3n) is 6.25. The lowest BCUT2D eigenvalue weighted by Crippen LogP contribution is -2.37. The van der Waals surface area contributed by atoms with Gasteiger partial charge in [-0.2, -0.15) is 13.2 Å². The first-order valence-electron chi connectivity index (χ1n) is 11.5. The standard InChI is InChI=1S/C27H23F3N4O2/c1-16-9-10-20-22(13-16)32-24(21-7-2-3-8-23(21)35)33-25(20)34-12-11-19(15-34)31-26(36)17-5-4-6-18(14-17)27(28,29)30/h2-10,13-14,19,35H,11-12,15H2,1H3,(H,31,36). The van der Waals surface area contributed by atoms with Crippen LogP contribution >= 0.6 is 0 Å². The molecule has 6 nitrogen and oxygen atoms in total. The molecule has 5 rings (SSSR count). The summed E-state index contributed by atoms with van der Waals surface area (Å²) in [5.41, 5.74) is 1.38. The van der Waals surface area contributed by atoms with E-state index in [1.54, 1.807) is 24.3 Å². The molecule has 1 unspecified atom stereocenters. The van der Waals surface area contributed by atoms with Crippen LogP contribution < -0.4 is 10.2 Å². The molecule has 1 amide bonds. The van der Waals surface area contributed by atoms with E-state index in [1.165, 1.54) is 12.1 Å². The molecule has 0 bridgehead atoms. The van der Waals surface area contributed by atoms with Crippen LogP contribution in [0.2, 0.25) is 0 Å². The second-order valence-electron chi connectivity index (χ2n) is 8.89. The molecule has 1 aliphatic heterocycles. The van der Waals surface area contributed by atoms with Gasteiger partial charge in [0.1, 0.15) is 11.6 Å². The summed E-state index contributed by atoms with van der Waals surface area (Å²) in [6, 6.07) is 16.9. The Morgan fingerprint density at radius 3 is 2.64 bits per heavy atom. The van der Waals surface area contributed by atoms with Crippen molar-refractivity contribution in [1.29, 1.82) is 0 Å². The highest BCUT2D eigenvalue weighted by molar-refractivity contribution is 5.95. The summed E-state index contributed by atoms with van der Waals surface area (Å²) < 4.78 is 39.1. The molecular weight excluding hydrogens is 469 g/mol. The van der Waals surface area contributed by atoms with Crippen LogP contribution in [0, 0.1) is 6.92 Å². The highest BCUT2D eigenvalue weighted by Crippen LogP contribution is 2.33.